The van der Waals surface area contributed by atoms with Crippen molar-refractivity contribution in [1.29, 1.82) is 1.28 Å². The van der Waals surface area contributed by atoms with E-state index >= 15 is 0 Å². The fraction of sp³-hybridized carbons (Fsp3) is 0.500. The normalized spacial score (nSPS) is 17.2. The molecule has 0 aromatic carbocycles. The van der Waals surface area contributed by atoms with Crippen LogP contribution in [0.2, 0.25) is 0 Å². The summed E-state index contributed by atoms with van der Waals surface area (Å²) >= 11 is 1.16. The van der Waals surface area contributed by atoms with Crippen molar-refractivity contribution in [3.05, 3.63) is 0 Å². The molecule has 0 aliphatic heterocycles. The van der Waals surface area contributed by atoms with E-state index in [-0.39, 0.29) is 0 Å². The van der Waals surface area contributed by atoms with Gasteiger partial charge in [-0.25, -0.2) is 0 Å². The Morgan fingerprint density at radius 1 is 1.75 bits per heavy atom. The van der Waals surface area contributed by atoms with Gasteiger partial charge in [-0.15, -0.1) is 0 Å². The molecule has 0 N–H and O–H groups in total. The van der Waals surface area contributed by atoms with Crippen LogP contribution in [0.1, 0.15) is 0 Å². The summed E-state index contributed by atoms with van der Waals surface area (Å²) in [5.41, 5.74) is -1.95. The fourth-order valence-electron chi connectivity index (χ4n) is 0.0479. The molecular formula is C2HF3IOP. The number of carbonyl (C=O) groups is 1. The van der Waals surface area contributed by atoms with E-state index in [0.717, 1.165) is 22.0 Å². The summed E-state index contributed by atoms with van der Waals surface area (Å²) in [7, 11) is 0. The monoisotopic (exact) mass is 257 g/mol. The van der Waals surface area contributed by atoms with Crippen LogP contribution in [0, 0.1) is 0 Å². The van der Waals surface area contributed by atoms with Gasteiger partial charge in [0.2, 0.25) is 0 Å². The Morgan fingerprint density at radius 2 is 2.12 bits per heavy atom. The number of alkyl halides is 3. The lowest BCUT2D eigenvalue weighted by Gasteiger charge is -1.98. The van der Waals surface area contributed by atoms with Crippen molar-refractivity contribution in [3.63, 3.8) is 0 Å². The lowest BCUT2D eigenvalue weighted by Crippen LogP contribution is -2.16. The summed E-state index contributed by atoms with van der Waals surface area (Å²) in [5, 5.41) is 0. The molecule has 1 atom stereocenters. The molecule has 0 saturated carbocycles. The first-order valence-electron chi connectivity index (χ1n) is 1.86. The van der Waals surface area contributed by atoms with Crippen molar-refractivity contribution < 1.29 is 18.0 Å². The van der Waals surface area contributed by atoms with E-state index in [4.69, 9.17) is 1.28 Å². The molecule has 0 spiro atoms. The van der Waals surface area contributed by atoms with Crippen LogP contribution in [0.4, 0.5) is 13.2 Å². The molecule has 0 aliphatic carbocycles. The van der Waals surface area contributed by atoms with Gasteiger partial charge in [0.25, 0.3) is 5.52 Å². The third-order valence-corrected chi connectivity index (χ3v) is 2.04. The number of halogens is 4. The third-order valence-electron chi connectivity index (χ3n) is 0.319. The molecule has 6 heteroatoms. The second kappa shape index (κ2) is 2.96. The number of hydrogen-bond donors (Lipinski definition) is 0. The van der Waals surface area contributed by atoms with Crippen molar-refractivity contribution >= 4 is 33.7 Å². The summed E-state index contributed by atoms with van der Waals surface area (Å²) in [6, 6.07) is 0. The molecule has 48 valence electrons. The number of carbonyl (C=O) groups excluding carboxylic acids is 1. The third kappa shape index (κ3) is 2.81. The van der Waals surface area contributed by atoms with Crippen LogP contribution >= 0.6 is 28.2 Å². The number of hydrogen-bond acceptors (Lipinski definition) is 1. The topological polar surface area (TPSA) is 17.1 Å². The van der Waals surface area contributed by atoms with Gasteiger partial charge in [-0.1, -0.05) is 0 Å². The molecule has 0 amide bonds. The van der Waals surface area contributed by atoms with Crippen molar-refractivity contribution in [1.82, 2.24) is 0 Å². The average molecular weight is 257 g/mol. The van der Waals surface area contributed by atoms with Gasteiger partial charge in [-0.2, -0.15) is 13.2 Å². The van der Waals surface area contributed by atoms with Gasteiger partial charge in [0.05, 0.1) is 1.28 Å². The highest BCUT2D eigenvalue weighted by molar-refractivity contribution is 14.2. The summed E-state index contributed by atoms with van der Waals surface area (Å²) < 4.78 is 40.1. The molecule has 8 heavy (non-hydrogen) atoms. The largest absolute Gasteiger partial charge is 0.454 e. The standard InChI is InChI=1S/C2HF3IOP/c3-2(4,5)1(7)8-6/h8H/i8D. The smallest absolute Gasteiger partial charge is 0.284 e. The van der Waals surface area contributed by atoms with Crippen LogP contribution in [-0.2, 0) is 4.79 Å². The predicted octanol–water partition coefficient (Wildman–Crippen LogP) is 2.10. The van der Waals surface area contributed by atoms with Crippen LogP contribution in [0.25, 0.3) is 0 Å². The summed E-state index contributed by atoms with van der Waals surface area (Å²) in [5.74, 6) is 0. The Bertz CT molecular complexity index is 123. The van der Waals surface area contributed by atoms with Crippen molar-refractivity contribution in [3.8, 4) is 0 Å². The molecule has 0 heterocycles. The molecular weight excluding hydrogens is 255 g/mol. The lowest BCUT2D eigenvalue weighted by molar-refractivity contribution is -0.160. The highest BCUT2D eigenvalue weighted by Gasteiger charge is 2.37. The molecule has 0 aromatic heterocycles. The fourth-order valence-corrected chi connectivity index (χ4v) is 0.964. The predicted molar refractivity (Wildman–Crippen MR) is 33.4 cm³/mol. The van der Waals surface area contributed by atoms with E-state index in [1.165, 1.54) is 0 Å². The Morgan fingerprint density at radius 3 is 2.12 bits per heavy atom. The van der Waals surface area contributed by atoms with E-state index in [2.05, 4.69) is 0 Å². The minimum absolute atomic E-state index is 1.16. The average Bonchev–Trinajstić information content (AvgIpc) is 1.62. The van der Waals surface area contributed by atoms with E-state index < -0.39 is 17.9 Å². The second-order valence-electron chi connectivity index (χ2n) is 0.887. The van der Waals surface area contributed by atoms with Crippen LogP contribution in [0.15, 0.2) is 0 Å². The van der Waals surface area contributed by atoms with Gasteiger partial charge in [-0.3, -0.25) is 4.79 Å². The van der Waals surface area contributed by atoms with E-state index in [1.54, 1.807) is 0 Å². The van der Waals surface area contributed by atoms with E-state index in [9.17, 15) is 18.0 Å². The van der Waals surface area contributed by atoms with E-state index in [1.807, 2.05) is 0 Å². The SMILES string of the molecule is [2H]P(I)C(=O)C(F)(F)F. The minimum Gasteiger partial charge on any atom is -0.284 e. The second-order valence-corrected chi connectivity index (χ2v) is 2.91. The molecule has 1 nitrogen and oxygen atoms in total. The highest BCUT2D eigenvalue weighted by atomic mass is 127. The van der Waals surface area contributed by atoms with Crippen LogP contribution in [0.3, 0.4) is 0 Å². The maximum Gasteiger partial charge on any atom is 0.454 e. The molecule has 0 aromatic rings. The molecule has 0 saturated heterocycles. The highest BCUT2D eigenvalue weighted by Crippen LogP contribution is 2.32. The maximum atomic E-state index is 11.2. The van der Waals surface area contributed by atoms with E-state index in [0.29, 0.717) is 0 Å². The molecule has 0 rings (SSSR count). The van der Waals surface area contributed by atoms with Gasteiger partial charge in [0, 0.05) is 6.17 Å². The molecule has 0 bridgehead atoms. The van der Waals surface area contributed by atoms with Crippen molar-refractivity contribution in [2.24, 2.45) is 0 Å². The van der Waals surface area contributed by atoms with Crippen molar-refractivity contribution in [2.45, 2.75) is 6.18 Å². The Labute approximate surface area is 59.6 Å². The first-order chi connectivity index (χ1) is 3.85. The quantitative estimate of drug-likeness (QED) is 0.519. The molecule has 0 radical (unpaired) electrons. The Balaban J connectivity index is 4.06. The zero-order valence-electron chi connectivity index (χ0n) is 4.37. The minimum atomic E-state index is -4.82. The van der Waals surface area contributed by atoms with Crippen LogP contribution < -0.4 is 0 Å². The molecule has 0 fully saturated rings. The maximum absolute atomic E-state index is 11.2. The molecule has 0 aliphatic rings. The Kier molecular flexibility index (Phi) is 2.49. The Hall–Kier alpha value is 0.620. The van der Waals surface area contributed by atoms with Crippen LogP contribution in [0.5, 0.6) is 0 Å². The summed E-state index contributed by atoms with van der Waals surface area (Å²) in [4.78, 5) is 9.87. The summed E-state index contributed by atoms with van der Waals surface area (Å²) in [6.45, 7) is 0. The first kappa shape index (κ1) is 6.74. The lowest BCUT2D eigenvalue weighted by atomic mass is 10.8. The van der Waals surface area contributed by atoms with Gasteiger partial charge in [0.1, 0.15) is 0 Å². The van der Waals surface area contributed by atoms with Gasteiger partial charge in [-0.05, 0) is 22.0 Å². The number of rotatable bonds is 1. The zero-order valence-corrected chi connectivity index (χ0v) is 6.42. The van der Waals surface area contributed by atoms with Crippen LogP contribution in [-0.4, -0.2) is 13.0 Å². The first-order valence-corrected chi connectivity index (χ1v) is 5.09. The van der Waals surface area contributed by atoms with Crippen molar-refractivity contribution in [2.75, 3.05) is 0 Å². The van der Waals surface area contributed by atoms with Gasteiger partial charge < -0.3 is 0 Å². The summed E-state index contributed by atoms with van der Waals surface area (Å²) in [6.07, 6.45) is -7.12. The molecule has 1 unspecified atom stereocenters. The van der Waals surface area contributed by atoms with Gasteiger partial charge >= 0.3 is 6.18 Å². The van der Waals surface area contributed by atoms with Gasteiger partial charge in [0.15, 0.2) is 0 Å². The zero-order chi connectivity index (χ0) is 7.65.